The van der Waals surface area contributed by atoms with E-state index < -0.39 is 0 Å². The number of anilines is 1. The Kier molecular flexibility index (Phi) is 4.76. The van der Waals surface area contributed by atoms with E-state index in [1.54, 1.807) is 0 Å². The lowest BCUT2D eigenvalue weighted by Crippen LogP contribution is -2.32. The number of rotatable bonds is 3. The monoisotopic (exact) mass is 274 g/mol. The first-order chi connectivity index (χ1) is 9.08. The van der Waals surface area contributed by atoms with Crippen molar-refractivity contribution in [3.8, 4) is 6.07 Å². The van der Waals surface area contributed by atoms with Crippen LogP contribution in [0.5, 0.6) is 0 Å². The van der Waals surface area contributed by atoms with Gasteiger partial charge in [-0.3, -0.25) is 0 Å². The van der Waals surface area contributed by atoms with E-state index in [0.717, 1.165) is 24.6 Å². The molecule has 0 radical (unpaired) electrons. The van der Waals surface area contributed by atoms with Gasteiger partial charge < -0.3 is 4.90 Å². The van der Waals surface area contributed by atoms with Gasteiger partial charge in [0.05, 0.1) is 11.6 Å². The summed E-state index contributed by atoms with van der Waals surface area (Å²) < 4.78 is 0. The second kappa shape index (κ2) is 6.34. The molecule has 0 spiro atoms. The van der Waals surface area contributed by atoms with E-state index in [1.165, 1.54) is 23.4 Å². The van der Waals surface area contributed by atoms with E-state index in [-0.39, 0.29) is 0 Å². The fraction of sp³-hybridized carbons (Fsp3) is 0.562. The molecule has 2 rings (SSSR count). The van der Waals surface area contributed by atoms with Crippen LogP contribution in [-0.2, 0) is 0 Å². The Balaban J connectivity index is 2.22. The van der Waals surface area contributed by atoms with E-state index >= 15 is 0 Å². The summed E-state index contributed by atoms with van der Waals surface area (Å²) in [4.78, 5) is 3.63. The maximum atomic E-state index is 9.18. The molecule has 1 aliphatic heterocycles. The SMILES string of the molecule is CC1CCN(c2cc(C#N)cc(SC(C)C)c2)CC1. The zero-order chi connectivity index (χ0) is 13.8. The number of nitriles is 1. The van der Waals surface area contributed by atoms with Gasteiger partial charge in [-0.25, -0.2) is 0 Å². The lowest BCUT2D eigenvalue weighted by molar-refractivity contribution is 0.438. The number of benzene rings is 1. The molecule has 0 aliphatic carbocycles. The summed E-state index contributed by atoms with van der Waals surface area (Å²) in [5, 5.41) is 9.73. The molecule has 0 aromatic heterocycles. The second-order valence-electron chi connectivity index (χ2n) is 5.66. The van der Waals surface area contributed by atoms with E-state index in [1.807, 2.05) is 23.9 Å². The molecule has 0 saturated carbocycles. The largest absolute Gasteiger partial charge is 0.371 e. The summed E-state index contributed by atoms with van der Waals surface area (Å²) in [6.07, 6.45) is 2.51. The summed E-state index contributed by atoms with van der Waals surface area (Å²) in [5.41, 5.74) is 1.99. The topological polar surface area (TPSA) is 27.0 Å². The van der Waals surface area contributed by atoms with Crippen molar-refractivity contribution >= 4 is 17.4 Å². The number of hydrogen-bond acceptors (Lipinski definition) is 3. The summed E-state index contributed by atoms with van der Waals surface area (Å²) in [6.45, 7) is 8.92. The molecule has 0 unspecified atom stereocenters. The van der Waals surface area contributed by atoms with Crippen LogP contribution in [-0.4, -0.2) is 18.3 Å². The minimum absolute atomic E-state index is 0.545. The normalized spacial score (nSPS) is 16.7. The van der Waals surface area contributed by atoms with Gasteiger partial charge in [0.2, 0.25) is 0 Å². The molecule has 1 fully saturated rings. The highest BCUT2D eigenvalue weighted by Crippen LogP contribution is 2.30. The molecule has 0 N–H and O–H groups in total. The van der Waals surface area contributed by atoms with Gasteiger partial charge in [-0.2, -0.15) is 5.26 Å². The third-order valence-electron chi connectivity index (χ3n) is 3.54. The third kappa shape index (κ3) is 3.91. The van der Waals surface area contributed by atoms with Gasteiger partial charge in [0.25, 0.3) is 0 Å². The predicted molar refractivity (Wildman–Crippen MR) is 82.8 cm³/mol. The average Bonchev–Trinajstić information content (AvgIpc) is 2.38. The molecule has 3 heteroatoms. The van der Waals surface area contributed by atoms with Gasteiger partial charge in [-0.1, -0.05) is 20.8 Å². The molecule has 0 bridgehead atoms. The van der Waals surface area contributed by atoms with Crippen LogP contribution >= 0.6 is 11.8 Å². The second-order valence-corrected chi connectivity index (χ2v) is 7.31. The van der Waals surface area contributed by atoms with Gasteiger partial charge in [0, 0.05) is 28.9 Å². The van der Waals surface area contributed by atoms with Crippen LogP contribution in [0.25, 0.3) is 0 Å². The van der Waals surface area contributed by atoms with Crippen molar-refractivity contribution in [3.05, 3.63) is 23.8 Å². The highest BCUT2D eigenvalue weighted by atomic mass is 32.2. The smallest absolute Gasteiger partial charge is 0.0992 e. The van der Waals surface area contributed by atoms with Gasteiger partial charge >= 0.3 is 0 Å². The molecule has 2 nitrogen and oxygen atoms in total. The molecule has 1 aromatic carbocycles. The van der Waals surface area contributed by atoms with Crippen molar-refractivity contribution in [1.82, 2.24) is 0 Å². The van der Waals surface area contributed by atoms with Gasteiger partial charge in [0.15, 0.2) is 0 Å². The third-order valence-corrected chi connectivity index (χ3v) is 4.52. The quantitative estimate of drug-likeness (QED) is 0.769. The van der Waals surface area contributed by atoms with Crippen molar-refractivity contribution in [2.45, 2.75) is 43.8 Å². The van der Waals surface area contributed by atoms with Crippen molar-refractivity contribution in [3.63, 3.8) is 0 Å². The summed E-state index contributed by atoms with van der Waals surface area (Å²) in [5.74, 6) is 0.833. The zero-order valence-electron chi connectivity index (χ0n) is 12.0. The molecule has 102 valence electrons. The minimum Gasteiger partial charge on any atom is -0.371 e. The fourth-order valence-corrected chi connectivity index (χ4v) is 3.37. The van der Waals surface area contributed by atoms with Crippen LogP contribution in [0.3, 0.4) is 0 Å². The predicted octanol–water partition coefficient (Wildman–Crippen LogP) is 4.30. The van der Waals surface area contributed by atoms with Crippen LogP contribution in [0.15, 0.2) is 23.1 Å². The number of nitrogens with zero attached hydrogens (tertiary/aromatic N) is 2. The number of piperidine rings is 1. The fourth-order valence-electron chi connectivity index (χ4n) is 2.44. The molecule has 1 heterocycles. The molecule has 0 atom stereocenters. The first-order valence-electron chi connectivity index (χ1n) is 7.05. The summed E-state index contributed by atoms with van der Waals surface area (Å²) in [7, 11) is 0. The standard InChI is InChI=1S/C16H22N2S/c1-12(2)19-16-9-14(11-17)8-15(10-16)18-6-4-13(3)5-7-18/h8-10,12-13H,4-7H2,1-3H3. The lowest BCUT2D eigenvalue weighted by atomic mass is 9.98. The highest BCUT2D eigenvalue weighted by molar-refractivity contribution is 7.99. The lowest BCUT2D eigenvalue weighted by Gasteiger charge is -2.32. The molecule has 0 amide bonds. The van der Waals surface area contributed by atoms with E-state index in [9.17, 15) is 5.26 Å². The first-order valence-corrected chi connectivity index (χ1v) is 7.93. The summed E-state index contributed by atoms with van der Waals surface area (Å²) >= 11 is 1.83. The Labute approximate surface area is 120 Å². The highest BCUT2D eigenvalue weighted by Gasteiger charge is 2.17. The Morgan fingerprint density at radius 1 is 1.26 bits per heavy atom. The van der Waals surface area contributed by atoms with Gasteiger partial charge in [-0.15, -0.1) is 11.8 Å². The summed E-state index contributed by atoms with van der Waals surface area (Å²) in [6, 6.07) is 8.56. The van der Waals surface area contributed by atoms with Crippen molar-refractivity contribution in [1.29, 1.82) is 5.26 Å². The van der Waals surface area contributed by atoms with Crippen LogP contribution in [0.2, 0.25) is 0 Å². The van der Waals surface area contributed by atoms with Crippen LogP contribution in [0.1, 0.15) is 39.2 Å². The Hall–Kier alpha value is -1.14. The zero-order valence-corrected chi connectivity index (χ0v) is 12.8. The van der Waals surface area contributed by atoms with Crippen LogP contribution in [0, 0.1) is 17.2 Å². The maximum absolute atomic E-state index is 9.18. The minimum atomic E-state index is 0.545. The first kappa shape index (κ1) is 14.3. The average molecular weight is 274 g/mol. The molecule has 1 saturated heterocycles. The molecule has 1 aromatic rings. The Bertz CT molecular complexity index is 468. The Morgan fingerprint density at radius 2 is 1.95 bits per heavy atom. The van der Waals surface area contributed by atoms with Crippen molar-refractivity contribution < 1.29 is 0 Å². The molecule has 1 aliphatic rings. The number of thioether (sulfide) groups is 1. The van der Waals surface area contributed by atoms with E-state index in [4.69, 9.17) is 0 Å². The van der Waals surface area contributed by atoms with Crippen molar-refractivity contribution in [2.75, 3.05) is 18.0 Å². The molecular weight excluding hydrogens is 252 g/mol. The molecular formula is C16H22N2S. The van der Waals surface area contributed by atoms with Gasteiger partial charge in [0.1, 0.15) is 0 Å². The van der Waals surface area contributed by atoms with Gasteiger partial charge in [-0.05, 0) is 37.0 Å². The molecule has 19 heavy (non-hydrogen) atoms. The number of hydrogen-bond donors (Lipinski definition) is 0. The van der Waals surface area contributed by atoms with Crippen LogP contribution in [0.4, 0.5) is 5.69 Å². The van der Waals surface area contributed by atoms with Crippen LogP contribution < -0.4 is 4.90 Å². The van der Waals surface area contributed by atoms with E-state index in [0.29, 0.717) is 5.25 Å². The van der Waals surface area contributed by atoms with Crippen molar-refractivity contribution in [2.24, 2.45) is 5.92 Å². The van der Waals surface area contributed by atoms with E-state index in [2.05, 4.69) is 37.8 Å². The Morgan fingerprint density at radius 3 is 2.53 bits per heavy atom. The maximum Gasteiger partial charge on any atom is 0.0992 e.